The van der Waals surface area contributed by atoms with E-state index >= 15 is 0 Å². The van der Waals surface area contributed by atoms with Gasteiger partial charge in [0.15, 0.2) is 0 Å². The van der Waals surface area contributed by atoms with E-state index in [1.807, 2.05) is 18.9 Å². The van der Waals surface area contributed by atoms with Crippen molar-refractivity contribution in [3.8, 4) is 6.07 Å². The predicted molar refractivity (Wildman–Crippen MR) is 84.2 cm³/mol. The van der Waals surface area contributed by atoms with Gasteiger partial charge in [0, 0.05) is 20.1 Å². The van der Waals surface area contributed by atoms with Crippen molar-refractivity contribution in [2.75, 3.05) is 30.8 Å². The molecular formula is C14H22N4OS. The summed E-state index contributed by atoms with van der Waals surface area (Å²) in [7, 11) is 1.92. The third-order valence-corrected chi connectivity index (χ3v) is 4.08. The maximum atomic E-state index is 12.0. The highest BCUT2D eigenvalue weighted by atomic mass is 32.1. The number of hydrogen-bond acceptors (Lipinski definition) is 5. The standard InChI is InChI=1S/C14H22N4OS/c1-5-6-17-13(19)12-11(16)10(7-15)14(20-12)18(4)8-9(2)3/h9H,5-6,8,16H2,1-4H3,(H,17,19). The number of amides is 1. The van der Waals surface area contributed by atoms with Crippen LogP contribution < -0.4 is 16.0 Å². The zero-order valence-corrected chi connectivity index (χ0v) is 13.3. The van der Waals surface area contributed by atoms with E-state index in [1.54, 1.807) is 0 Å². The highest BCUT2D eigenvalue weighted by molar-refractivity contribution is 7.19. The first kappa shape index (κ1) is 16.3. The molecule has 3 N–H and O–H groups in total. The molecule has 0 spiro atoms. The van der Waals surface area contributed by atoms with Crippen LogP contribution in [0.5, 0.6) is 0 Å². The molecule has 1 aromatic rings. The summed E-state index contributed by atoms with van der Waals surface area (Å²) >= 11 is 1.29. The Hall–Kier alpha value is -1.74. The fourth-order valence-corrected chi connectivity index (χ4v) is 2.98. The molecule has 6 heteroatoms. The Morgan fingerprint density at radius 1 is 1.55 bits per heavy atom. The van der Waals surface area contributed by atoms with E-state index in [0.717, 1.165) is 18.0 Å². The molecule has 1 aromatic heterocycles. The molecule has 0 aliphatic carbocycles. The molecule has 0 aliphatic rings. The van der Waals surface area contributed by atoms with E-state index in [-0.39, 0.29) is 11.6 Å². The van der Waals surface area contributed by atoms with Crippen LogP contribution in [-0.4, -0.2) is 26.0 Å². The molecule has 0 fully saturated rings. The number of nitriles is 1. The summed E-state index contributed by atoms with van der Waals surface area (Å²) in [6, 6.07) is 2.11. The van der Waals surface area contributed by atoms with Crippen LogP contribution >= 0.6 is 11.3 Å². The lowest BCUT2D eigenvalue weighted by Gasteiger charge is -2.19. The summed E-state index contributed by atoms with van der Waals surface area (Å²) in [5.74, 6) is 0.266. The Balaban J connectivity index is 3.09. The van der Waals surface area contributed by atoms with E-state index in [2.05, 4.69) is 25.2 Å². The van der Waals surface area contributed by atoms with Gasteiger partial charge in [-0.2, -0.15) is 5.26 Å². The summed E-state index contributed by atoms with van der Waals surface area (Å²) in [6.07, 6.45) is 0.863. The topological polar surface area (TPSA) is 82.2 Å². The van der Waals surface area contributed by atoms with Crippen molar-refractivity contribution < 1.29 is 4.79 Å². The lowest BCUT2D eigenvalue weighted by Crippen LogP contribution is -2.23. The number of carbonyl (C=O) groups is 1. The molecular weight excluding hydrogens is 272 g/mol. The van der Waals surface area contributed by atoms with Crippen LogP contribution in [0.2, 0.25) is 0 Å². The van der Waals surface area contributed by atoms with Crippen LogP contribution in [0.25, 0.3) is 0 Å². The van der Waals surface area contributed by atoms with Crippen LogP contribution in [0, 0.1) is 17.2 Å². The number of thiophene rings is 1. The zero-order valence-electron chi connectivity index (χ0n) is 12.5. The fraction of sp³-hybridized carbons (Fsp3) is 0.571. The van der Waals surface area contributed by atoms with Crippen molar-refractivity contribution in [1.29, 1.82) is 5.26 Å². The summed E-state index contributed by atoms with van der Waals surface area (Å²) in [5.41, 5.74) is 6.65. The van der Waals surface area contributed by atoms with E-state index in [4.69, 9.17) is 5.73 Å². The second-order valence-electron chi connectivity index (χ2n) is 5.17. The molecule has 0 radical (unpaired) electrons. The van der Waals surface area contributed by atoms with Crippen LogP contribution in [0.3, 0.4) is 0 Å². The molecule has 20 heavy (non-hydrogen) atoms. The first-order chi connectivity index (χ1) is 9.42. The molecule has 1 amide bonds. The molecule has 0 aliphatic heterocycles. The average molecular weight is 294 g/mol. The number of nitrogen functional groups attached to an aromatic ring is 1. The third-order valence-electron chi connectivity index (χ3n) is 2.77. The molecule has 1 heterocycles. The molecule has 110 valence electrons. The number of anilines is 2. The first-order valence-electron chi connectivity index (χ1n) is 6.74. The minimum absolute atomic E-state index is 0.199. The number of hydrogen-bond donors (Lipinski definition) is 2. The Labute approximate surface area is 124 Å². The van der Waals surface area contributed by atoms with Gasteiger partial charge < -0.3 is 16.0 Å². The van der Waals surface area contributed by atoms with Crippen LogP contribution in [0.1, 0.15) is 42.4 Å². The monoisotopic (exact) mass is 294 g/mol. The van der Waals surface area contributed by atoms with Gasteiger partial charge in [-0.25, -0.2) is 0 Å². The largest absolute Gasteiger partial charge is 0.396 e. The van der Waals surface area contributed by atoms with E-state index in [1.165, 1.54) is 11.3 Å². The second kappa shape index (κ2) is 7.15. The van der Waals surface area contributed by atoms with Crippen LogP contribution in [0.15, 0.2) is 0 Å². The van der Waals surface area contributed by atoms with Crippen molar-refractivity contribution in [1.82, 2.24) is 5.32 Å². The van der Waals surface area contributed by atoms with Gasteiger partial charge in [-0.05, 0) is 12.3 Å². The number of nitrogens with zero attached hydrogens (tertiary/aromatic N) is 2. The van der Waals surface area contributed by atoms with Crippen LogP contribution in [0.4, 0.5) is 10.7 Å². The molecule has 0 atom stereocenters. The van der Waals surface area contributed by atoms with E-state index < -0.39 is 0 Å². The molecule has 0 bridgehead atoms. The van der Waals surface area contributed by atoms with Crippen molar-refractivity contribution in [3.63, 3.8) is 0 Å². The summed E-state index contributed by atoms with van der Waals surface area (Å²) in [5, 5.41) is 12.8. The van der Waals surface area contributed by atoms with Gasteiger partial charge in [-0.15, -0.1) is 11.3 Å². The van der Waals surface area contributed by atoms with Gasteiger partial charge >= 0.3 is 0 Å². The average Bonchev–Trinajstić information content (AvgIpc) is 2.72. The second-order valence-corrected chi connectivity index (χ2v) is 6.17. The van der Waals surface area contributed by atoms with Crippen molar-refractivity contribution in [3.05, 3.63) is 10.4 Å². The normalized spacial score (nSPS) is 10.4. The van der Waals surface area contributed by atoms with Crippen molar-refractivity contribution in [2.45, 2.75) is 27.2 Å². The number of nitrogens with one attached hydrogen (secondary N) is 1. The molecule has 0 saturated carbocycles. The molecule has 0 aromatic carbocycles. The van der Waals surface area contributed by atoms with Crippen molar-refractivity contribution in [2.24, 2.45) is 5.92 Å². The minimum atomic E-state index is -0.199. The van der Waals surface area contributed by atoms with E-state index in [0.29, 0.717) is 22.9 Å². The van der Waals surface area contributed by atoms with Gasteiger partial charge in [0.1, 0.15) is 21.5 Å². The maximum absolute atomic E-state index is 12.0. The molecule has 0 unspecified atom stereocenters. The lowest BCUT2D eigenvalue weighted by molar-refractivity contribution is 0.0958. The summed E-state index contributed by atoms with van der Waals surface area (Å²) < 4.78 is 0. The number of nitrogens with two attached hydrogens (primary N) is 1. The Morgan fingerprint density at radius 2 is 2.20 bits per heavy atom. The summed E-state index contributed by atoms with van der Waals surface area (Å²) in [4.78, 5) is 14.5. The van der Waals surface area contributed by atoms with E-state index in [9.17, 15) is 10.1 Å². The molecule has 5 nitrogen and oxygen atoms in total. The Bertz CT molecular complexity index is 516. The molecule has 1 rings (SSSR count). The smallest absolute Gasteiger partial charge is 0.263 e. The number of rotatable bonds is 6. The fourth-order valence-electron chi connectivity index (χ4n) is 1.93. The highest BCUT2D eigenvalue weighted by Gasteiger charge is 2.23. The minimum Gasteiger partial charge on any atom is -0.396 e. The van der Waals surface area contributed by atoms with Gasteiger partial charge in [0.2, 0.25) is 0 Å². The quantitative estimate of drug-likeness (QED) is 0.844. The van der Waals surface area contributed by atoms with Gasteiger partial charge in [-0.1, -0.05) is 20.8 Å². The highest BCUT2D eigenvalue weighted by Crippen LogP contribution is 2.37. The molecule has 0 saturated heterocycles. The van der Waals surface area contributed by atoms with Gasteiger partial charge in [0.05, 0.1) is 5.69 Å². The lowest BCUT2D eigenvalue weighted by atomic mass is 10.2. The predicted octanol–water partition coefficient (Wildman–Crippen LogP) is 2.43. The maximum Gasteiger partial charge on any atom is 0.263 e. The Kier molecular flexibility index (Phi) is 5.83. The Morgan fingerprint density at radius 3 is 2.70 bits per heavy atom. The first-order valence-corrected chi connectivity index (χ1v) is 7.55. The SMILES string of the molecule is CCCNC(=O)c1sc(N(C)CC(C)C)c(C#N)c1N. The zero-order chi connectivity index (χ0) is 15.3. The van der Waals surface area contributed by atoms with Crippen molar-refractivity contribution >= 4 is 27.9 Å². The summed E-state index contributed by atoms with van der Waals surface area (Å²) in [6.45, 7) is 7.61. The van der Waals surface area contributed by atoms with Crippen LogP contribution in [-0.2, 0) is 0 Å². The van der Waals surface area contributed by atoms with Gasteiger partial charge in [-0.3, -0.25) is 4.79 Å². The van der Waals surface area contributed by atoms with Gasteiger partial charge in [0.25, 0.3) is 5.91 Å². The number of carbonyl (C=O) groups excluding carboxylic acids is 1. The third kappa shape index (κ3) is 3.64.